The smallest absolute Gasteiger partial charge is 0.243 e. The highest BCUT2D eigenvalue weighted by atomic mass is 16.2. The summed E-state index contributed by atoms with van der Waals surface area (Å²) < 4.78 is 0. The number of likely N-dealkylation sites (N-methyl/N-ethyl adjacent to an activating group) is 1. The number of benzene rings is 2. The molecule has 5 atom stereocenters. The molecule has 0 unspecified atom stereocenters. The number of nitrogens with one attached hydrogen (secondary N) is 6. The first-order valence-corrected chi connectivity index (χ1v) is 20.9. The summed E-state index contributed by atoms with van der Waals surface area (Å²) in [5.74, 6) is -2.44. The van der Waals surface area contributed by atoms with Gasteiger partial charge in [-0.3, -0.25) is 33.7 Å². The van der Waals surface area contributed by atoms with Crippen LogP contribution in [0.4, 0.5) is 0 Å². The average Bonchev–Trinajstić information content (AvgIpc) is 3.60. The monoisotopic (exact) mass is 798 g/mol. The molecule has 1 saturated carbocycles. The minimum atomic E-state index is -1.20. The Hall–Kier alpha value is -5.24. The van der Waals surface area contributed by atoms with Crippen LogP contribution >= 0.6 is 0 Å². The Bertz CT molecular complexity index is 1860. The third-order valence-corrected chi connectivity index (χ3v) is 11.4. The maximum Gasteiger partial charge on any atom is 0.243 e. The predicted molar refractivity (Wildman–Crippen MR) is 223 cm³/mol. The molecule has 3 aromatic rings. The highest BCUT2D eigenvalue weighted by Crippen LogP contribution is 2.29. The van der Waals surface area contributed by atoms with E-state index in [9.17, 15) is 28.8 Å². The second-order valence-electron chi connectivity index (χ2n) is 16.6. The van der Waals surface area contributed by atoms with Crippen molar-refractivity contribution in [3.63, 3.8) is 0 Å². The fraction of sp³-hybridized carbons (Fsp3) is 0.545. The number of para-hydroxylation sites is 1. The summed E-state index contributed by atoms with van der Waals surface area (Å²) in [7, 11) is 1.86. The van der Waals surface area contributed by atoms with E-state index in [0.29, 0.717) is 25.3 Å². The summed E-state index contributed by atoms with van der Waals surface area (Å²) in [6.07, 6.45) is 8.29. The molecule has 8 N–H and O–H groups in total. The van der Waals surface area contributed by atoms with E-state index >= 15 is 0 Å². The van der Waals surface area contributed by atoms with Crippen LogP contribution in [0.15, 0.2) is 60.8 Å². The van der Waals surface area contributed by atoms with Crippen molar-refractivity contribution in [2.75, 3.05) is 20.1 Å². The lowest BCUT2D eigenvalue weighted by molar-refractivity contribution is -0.135. The molecule has 0 spiro atoms. The number of carbonyl (C=O) groups is 6. The molecule has 6 amide bonds. The van der Waals surface area contributed by atoms with Crippen LogP contribution in [-0.2, 0) is 41.6 Å². The zero-order valence-electron chi connectivity index (χ0n) is 34.2. The molecule has 0 bridgehead atoms. The fourth-order valence-corrected chi connectivity index (χ4v) is 8.33. The van der Waals surface area contributed by atoms with E-state index in [1.165, 1.54) is 0 Å². The standard InChI is InChI=1S/C44H62N8O6/c1-28(2)22-32-27-52(3)38(24-30-14-8-5-9-15-30)44(58)49-35(18-19-39(45)53)42(56)51-37(25-31-26-47-34-17-11-10-16-33(31)34)43(57)50-36(23-29-12-6-4-7-13-29)41(55)46-21-20-40(54)48-32/h4,6-7,10-13,16-17,26,28,30,32,35-38,47H,5,8-9,14-15,18-25,27H2,1-3H3,(H2,45,53)(H,46,55)(H,48,54)(H,49,58)(H,50,57)(H,51,56)/t32-,35-,36-,37-,38-/m0/s1. The Morgan fingerprint density at radius 1 is 0.793 bits per heavy atom. The van der Waals surface area contributed by atoms with Crippen molar-refractivity contribution in [3.8, 4) is 0 Å². The first-order chi connectivity index (χ1) is 27.9. The summed E-state index contributed by atoms with van der Waals surface area (Å²) in [6, 6.07) is 12.5. The van der Waals surface area contributed by atoms with Crippen molar-refractivity contribution in [2.45, 2.75) is 121 Å². The number of carbonyl (C=O) groups excluding carboxylic acids is 6. The number of aromatic amines is 1. The molecule has 1 aliphatic carbocycles. The van der Waals surface area contributed by atoms with Crippen LogP contribution in [0.25, 0.3) is 10.9 Å². The molecule has 14 nitrogen and oxygen atoms in total. The molecule has 2 heterocycles. The first-order valence-electron chi connectivity index (χ1n) is 20.9. The largest absolute Gasteiger partial charge is 0.370 e. The van der Waals surface area contributed by atoms with Crippen molar-refractivity contribution in [2.24, 2.45) is 17.6 Å². The molecule has 314 valence electrons. The van der Waals surface area contributed by atoms with Gasteiger partial charge in [0.1, 0.15) is 18.1 Å². The third-order valence-electron chi connectivity index (χ3n) is 11.4. The second-order valence-corrected chi connectivity index (χ2v) is 16.6. The van der Waals surface area contributed by atoms with E-state index in [2.05, 4.69) is 45.4 Å². The van der Waals surface area contributed by atoms with E-state index in [4.69, 9.17) is 5.73 Å². The molecular weight excluding hydrogens is 737 g/mol. The molecule has 5 rings (SSSR count). The lowest BCUT2D eigenvalue weighted by Crippen LogP contribution is -2.59. The van der Waals surface area contributed by atoms with Crippen LogP contribution < -0.4 is 32.3 Å². The van der Waals surface area contributed by atoms with Crippen molar-refractivity contribution in [1.29, 1.82) is 0 Å². The number of hydrogen-bond acceptors (Lipinski definition) is 7. The lowest BCUT2D eigenvalue weighted by atomic mass is 9.84. The summed E-state index contributed by atoms with van der Waals surface area (Å²) in [6.45, 7) is 4.56. The van der Waals surface area contributed by atoms with E-state index in [1.54, 1.807) is 6.20 Å². The number of nitrogens with zero attached hydrogens (tertiary/aromatic N) is 1. The Morgan fingerprint density at radius 2 is 1.45 bits per heavy atom. The van der Waals surface area contributed by atoms with Gasteiger partial charge in [0.25, 0.3) is 0 Å². The van der Waals surface area contributed by atoms with Gasteiger partial charge in [-0.25, -0.2) is 0 Å². The minimum Gasteiger partial charge on any atom is -0.370 e. The number of hydrogen-bond donors (Lipinski definition) is 7. The molecule has 0 radical (unpaired) electrons. The van der Waals surface area contributed by atoms with Crippen LogP contribution in [0.3, 0.4) is 0 Å². The minimum absolute atomic E-state index is 0.0167. The Kier molecular flexibility index (Phi) is 16.3. The number of aromatic nitrogens is 1. The molecule has 1 aliphatic heterocycles. The number of primary amides is 1. The fourth-order valence-electron chi connectivity index (χ4n) is 8.33. The Balaban J connectivity index is 1.51. The number of amides is 6. The third kappa shape index (κ3) is 13.2. The van der Waals surface area contributed by atoms with Crippen molar-refractivity contribution in [3.05, 3.63) is 71.9 Å². The normalized spacial score (nSPS) is 24.1. The van der Waals surface area contributed by atoms with Gasteiger partial charge in [-0.1, -0.05) is 94.5 Å². The summed E-state index contributed by atoms with van der Waals surface area (Å²) in [5.41, 5.74) is 7.97. The molecule has 1 aromatic heterocycles. The van der Waals surface area contributed by atoms with Crippen LogP contribution in [-0.4, -0.2) is 95.7 Å². The summed E-state index contributed by atoms with van der Waals surface area (Å²) >= 11 is 0. The quantitative estimate of drug-likeness (QED) is 0.154. The Morgan fingerprint density at radius 3 is 2.16 bits per heavy atom. The van der Waals surface area contributed by atoms with E-state index < -0.39 is 47.8 Å². The Labute approximate surface area is 341 Å². The van der Waals surface area contributed by atoms with Gasteiger partial charge in [0.2, 0.25) is 35.4 Å². The summed E-state index contributed by atoms with van der Waals surface area (Å²) in [4.78, 5) is 87.7. The number of nitrogens with two attached hydrogens (primary N) is 1. The van der Waals surface area contributed by atoms with Crippen LogP contribution in [0.2, 0.25) is 0 Å². The first kappa shape index (κ1) is 43.9. The highest BCUT2D eigenvalue weighted by molar-refractivity contribution is 5.96. The van der Waals surface area contributed by atoms with E-state index in [0.717, 1.165) is 54.1 Å². The molecule has 2 fully saturated rings. The molecule has 1 saturated heterocycles. The molecule has 58 heavy (non-hydrogen) atoms. The second kappa shape index (κ2) is 21.5. The van der Waals surface area contributed by atoms with Gasteiger partial charge in [0.15, 0.2) is 0 Å². The maximum absolute atomic E-state index is 14.5. The van der Waals surface area contributed by atoms with Crippen molar-refractivity contribution < 1.29 is 28.8 Å². The van der Waals surface area contributed by atoms with Gasteiger partial charge in [0, 0.05) is 61.9 Å². The van der Waals surface area contributed by atoms with Crippen LogP contribution in [0, 0.1) is 11.8 Å². The topological polar surface area (TPSA) is 208 Å². The van der Waals surface area contributed by atoms with Crippen LogP contribution in [0.5, 0.6) is 0 Å². The van der Waals surface area contributed by atoms with Crippen molar-refractivity contribution >= 4 is 46.3 Å². The van der Waals surface area contributed by atoms with E-state index in [-0.39, 0.29) is 62.4 Å². The maximum atomic E-state index is 14.5. The zero-order chi connectivity index (χ0) is 41.6. The lowest BCUT2D eigenvalue weighted by Gasteiger charge is -2.35. The molecular formula is C44H62N8O6. The van der Waals surface area contributed by atoms with E-state index in [1.807, 2.05) is 66.5 Å². The zero-order valence-corrected chi connectivity index (χ0v) is 34.2. The molecule has 2 aromatic carbocycles. The van der Waals surface area contributed by atoms with Gasteiger partial charge in [-0.15, -0.1) is 0 Å². The van der Waals surface area contributed by atoms with Gasteiger partial charge >= 0.3 is 0 Å². The molecule has 14 heteroatoms. The summed E-state index contributed by atoms with van der Waals surface area (Å²) in [5, 5.41) is 15.6. The number of rotatable bonds is 11. The van der Waals surface area contributed by atoms with Gasteiger partial charge in [0.05, 0.1) is 6.04 Å². The molecule has 2 aliphatic rings. The number of H-pyrrole nitrogens is 1. The number of fused-ring (bicyclic) bond motifs is 1. The van der Waals surface area contributed by atoms with Gasteiger partial charge in [-0.2, -0.15) is 0 Å². The highest BCUT2D eigenvalue weighted by Gasteiger charge is 2.35. The van der Waals surface area contributed by atoms with Gasteiger partial charge < -0.3 is 37.3 Å². The SMILES string of the molecule is CC(C)C[C@H]1CN(C)[C@@H](CC2CCCCC2)C(=O)N[C@@H](CCC(N)=O)C(=O)N[C@@H](Cc2c[nH]c3ccccc23)C(=O)N[C@@H](Cc2ccccc2)C(=O)NCCC(=O)N1. The predicted octanol–water partition coefficient (Wildman–Crippen LogP) is 2.99. The van der Waals surface area contributed by atoms with Crippen LogP contribution in [0.1, 0.15) is 89.2 Å². The van der Waals surface area contributed by atoms with Crippen molar-refractivity contribution in [1.82, 2.24) is 36.5 Å². The van der Waals surface area contributed by atoms with Gasteiger partial charge in [-0.05, 0) is 55.3 Å². The average molecular weight is 799 g/mol.